The molecule has 7 heteroatoms. The molecule has 140 valence electrons. The van der Waals surface area contributed by atoms with Crippen LogP contribution >= 0.6 is 0 Å². The molecule has 1 saturated carbocycles. The van der Waals surface area contributed by atoms with Gasteiger partial charge in [-0.2, -0.15) is 0 Å². The number of halogens is 1. The summed E-state index contributed by atoms with van der Waals surface area (Å²) in [7, 11) is 0. The molecule has 1 atom stereocenters. The van der Waals surface area contributed by atoms with Gasteiger partial charge in [-0.1, -0.05) is 12.1 Å². The van der Waals surface area contributed by atoms with E-state index in [1.54, 1.807) is 0 Å². The summed E-state index contributed by atoms with van der Waals surface area (Å²) >= 11 is 0. The quantitative estimate of drug-likeness (QED) is 0.728. The summed E-state index contributed by atoms with van der Waals surface area (Å²) in [5.41, 5.74) is 1.22. The first-order valence-corrected chi connectivity index (χ1v) is 8.56. The summed E-state index contributed by atoms with van der Waals surface area (Å²) in [5, 5.41) is 14.7. The highest BCUT2D eigenvalue weighted by atomic mass is 19.1. The molecule has 6 nitrogen and oxygen atoms in total. The predicted octanol–water partition coefficient (Wildman–Crippen LogP) is 2.58. The van der Waals surface area contributed by atoms with Gasteiger partial charge >= 0.3 is 5.97 Å². The second-order valence-electron chi connectivity index (χ2n) is 6.58. The second-order valence-corrected chi connectivity index (χ2v) is 6.58. The van der Waals surface area contributed by atoms with Crippen molar-refractivity contribution in [2.75, 3.05) is 0 Å². The van der Waals surface area contributed by atoms with E-state index < -0.39 is 23.7 Å². The fraction of sp³-hybridized carbons (Fsp3) is 0.250. The third-order valence-electron chi connectivity index (χ3n) is 4.36. The van der Waals surface area contributed by atoms with Crippen LogP contribution in [-0.2, 0) is 4.79 Å². The number of nitrogens with one attached hydrogen (secondary N) is 2. The van der Waals surface area contributed by atoms with Gasteiger partial charge in [0.05, 0.1) is 0 Å². The zero-order valence-electron chi connectivity index (χ0n) is 14.7. The van der Waals surface area contributed by atoms with Gasteiger partial charge in [-0.3, -0.25) is 9.59 Å². The molecule has 27 heavy (non-hydrogen) atoms. The van der Waals surface area contributed by atoms with Crippen LogP contribution in [0.5, 0.6) is 0 Å². The van der Waals surface area contributed by atoms with Gasteiger partial charge in [0.25, 0.3) is 11.8 Å². The van der Waals surface area contributed by atoms with Crippen molar-refractivity contribution in [2.45, 2.75) is 31.8 Å². The molecule has 0 radical (unpaired) electrons. The van der Waals surface area contributed by atoms with Crippen LogP contribution in [0.3, 0.4) is 0 Å². The number of benzene rings is 2. The summed E-state index contributed by atoms with van der Waals surface area (Å²) < 4.78 is 13.4. The fourth-order valence-corrected chi connectivity index (χ4v) is 2.62. The van der Waals surface area contributed by atoms with E-state index in [2.05, 4.69) is 10.6 Å². The lowest BCUT2D eigenvalue weighted by molar-refractivity contribution is -0.139. The SMILES string of the molecule is Cc1cc(C(NC(=O)c2ccc(C(=O)NC3CC3)cc2)C(=O)O)ccc1F. The first-order valence-electron chi connectivity index (χ1n) is 8.56. The smallest absolute Gasteiger partial charge is 0.330 e. The van der Waals surface area contributed by atoms with E-state index in [9.17, 15) is 23.9 Å². The normalized spacial score (nSPS) is 14.3. The highest BCUT2D eigenvalue weighted by Crippen LogP contribution is 2.20. The van der Waals surface area contributed by atoms with Crippen molar-refractivity contribution < 1.29 is 23.9 Å². The minimum absolute atomic E-state index is 0.199. The zero-order valence-corrected chi connectivity index (χ0v) is 14.7. The Morgan fingerprint density at radius 2 is 1.63 bits per heavy atom. The third-order valence-corrected chi connectivity index (χ3v) is 4.36. The van der Waals surface area contributed by atoms with E-state index in [0.29, 0.717) is 11.1 Å². The summed E-state index contributed by atoms with van der Waals surface area (Å²) in [4.78, 5) is 35.9. The average molecular weight is 370 g/mol. The highest BCUT2D eigenvalue weighted by Gasteiger charge is 2.25. The molecule has 1 aliphatic carbocycles. The number of carboxylic acids is 1. The topological polar surface area (TPSA) is 95.5 Å². The maximum Gasteiger partial charge on any atom is 0.330 e. The van der Waals surface area contributed by atoms with Gasteiger partial charge < -0.3 is 15.7 Å². The van der Waals surface area contributed by atoms with Crippen molar-refractivity contribution in [1.82, 2.24) is 10.6 Å². The molecule has 3 rings (SSSR count). The Balaban J connectivity index is 1.72. The highest BCUT2D eigenvalue weighted by molar-refractivity contribution is 5.99. The van der Waals surface area contributed by atoms with Crippen LogP contribution in [0, 0.1) is 12.7 Å². The van der Waals surface area contributed by atoms with Crippen LogP contribution in [0.1, 0.15) is 50.7 Å². The number of rotatable bonds is 6. The van der Waals surface area contributed by atoms with Crippen LogP contribution < -0.4 is 10.6 Å². The van der Waals surface area contributed by atoms with E-state index in [-0.39, 0.29) is 23.1 Å². The molecule has 2 aromatic rings. The Kier molecular flexibility index (Phi) is 5.21. The molecule has 0 aromatic heterocycles. The number of hydrogen-bond acceptors (Lipinski definition) is 3. The molecular formula is C20H19FN2O4. The van der Waals surface area contributed by atoms with Gasteiger partial charge in [-0.05, 0) is 61.2 Å². The van der Waals surface area contributed by atoms with Gasteiger partial charge in [0.1, 0.15) is 5.82 Å². The van der Waals surface area contributed by atoms with E-state index in [4.69, 9.17) is 0 Å². The molecule has 2 aromatic carbocycles. The Morgan fingerprint density at radius 1 is 1.04 bits per heavy atom. The minimum atomic E-state index is -1.31. The molecule has 0 saturated heterocycles. The van der Waals surface area contributed by atoms with Gasteiger partial charge in [-0.15, -0.1) is 0 Å². The third kappa shape index (κ3) is 4.49. The number of carboxylic acid groups (broad SMARTS) is 1. The molecule has 1 fully saturated rings. The van der Waals surface area contributed by atoms with E-state index >= 15 is 0 Å². The largest absolute Gasteiger partial charge is 0.479 e. The number of carbonyl (C=O) groups is 3. The van der Waals surface area contributed by atoms with Crippen LogP contribution in [0.2, 0.25) is 0 Å². The number of aryl methyl sites for hydroxylation is 1. The number of hydrogen-bond donors (Lipinski definition) is 3. The van der Waals surface area contributed by atoms with Crippen LogP contribution in [0.15, 0.2) is 42.5 Å². The molecular weight excluding hydrogens is 351 g/mol. The molecule has 0 spiro atoms. The molecule has 3 N–H and O–H groups in total. The Morgan fingerprint density at radius 3 is 2.15 bits per heavy atom. The standard InChI is InChI=1S/C20H19FN2O4/c1-11-10-14(6-9-16(11)21)17(20(26)27)23-19(25)13-4-2-12(3-5-13)18(24)22-15-7-8-15/h2-6,9-10,15,17H,7-8H2,1H3,(H,22,24)(H,23,25)(H,26,27). The monoisotopic (exact) mass is 370 g/mol. The predicted molar refractivity (Wildman–Crippen MR) is 95.9 cm³/mol. The summed E-state index contributed by atoms with van der Waals surface area (Å²) in [6.07, 6.45) is 1.96. The second kappa shape index (κ2) is 7.57. The minimum Gasteiger partial charge on any atom is -0.479 e. The lowest BCUT2D eigenvalue weighted by atomic mass is 10.0. The molecule has 1 aliphatic rings. The van der Waals surface area contributed by atoms with Gasteiger partial charge in [0.2, 0.25) is 0 Å². The molecule has 0 bridgehead atoms. The van der Waals surface area contributed by atoms with Crippen molar-refractivity contribution in [1.29, 1.82) is 0 Å². The summed E-state index contributed by atoms with van der Waals surface area (Å²) in [5.74, 6) is -2.50. The Bertz CT molecular complexity index is 891. The first kappa shape index (κ1) is 18.6. The van der Waals surface area contributed by atoms with Crippen LogP contribution in [-0.4, -0.2) is 28.9 Å². The van der Waals surface area contributed by atoms with Crippen molar-refractivity contribution >= 4 is 17.8 Å². The maximum absolute atomic E-state index is 13.4. The lowest BCUT2D eigenvalue weighted by Crippen LogP contribution is -2.34. The van der Waals surface area contributed by atoms with E-state index in [1.807, 2.05) is 0 Å². The van der Waals surface area contributed by atoms with Gasteiger partial charge in [0.15, 0.2) is 6.04 Å². The Labute approximate surface area is 155 Å². The first-order chi connectivity index (χ1) is 12.8. The van der Waals surface area contributed by atoms with E-state index in [0.717, 1.165) is 12.8 Å². The molecule has 2 amide bonds. The van der Waals surface area contributed by atoms with Gasteiger partial charge in [0, 0.05) is 17.2 Å². The summed E-state index contributed by atoms with van der Waals surface area (Å²) in [6, 6.07) is 8.77. The molecule has 1 unspecified atom stereocenters. The van der Waals surface area contributed by atoms with Crippen LogP contribution in [0.4, 0.5) is 4.39 Å². The zero-order chi connectivity index (χ0) is 19.6. The maximum atomic E-state index is 13.4. The van der Waals surface area contributed by atoms with E-state index in [1.165, 1.54) is 49.4 Å². The fourth-order valence-electron chi connectivity index (χ4n) is 2.62. The summed E-state index contributed by atoms with van der Waals surface area (Å²) in [6.45, 7) is 1.52. The molecule has 0 aliphatic heterocycles. The van der Waals surface area contributed by atoms with Crippen molar-refractivity contribution in [3.8, 4) is 0 Å². The van der Waals surface area contributed by atoms with Crippen molar-refractivity contribution in [3.05, 3.63) is 70.5 Å². The Hall–Kier alpha value is -3.22. The van der Waals surface area contributed by atoms with Crippen molar-refractivity contribution in [3.63, 3.8) is 0 Å². The average Bonchev–Trinajstić information content (AvgIpc) is 3.45. The molecule has 0 heterocycles. The number of aliphatic carboxylic acids is 1. The lowest BCUT2D eigenvalue weighted by Gasteiger charge is -2.16. The number of carbonyl (C=O) groups excluding carboxylic acids is 2. The van der Waals surface area contributed by atoms with Crippen LogP contribution in [0.25, 0.3) is 0 Å². The van der Waals surface area contributed by atoms with Gasteiger partial charge in [-0.25, -0.2) is 9.18 Å². The number of amides is 2. The van der Waals surface area contributed by atoms with Crippen molar-refractivity contribution in [2.24, 2.45) is 0 Å².